The Balaban J connectivity index is 1.46. The largest absolute Gasteiger partial charge is 0.456 e. The van der Waals surface area contributed by atoms with Gasteiger partial charge in [-0.2, -0.15) is 5.10 Å². The number of carbonyl (C=O) groups excluding carboxylic acids is 1. The number of aryl methyl sites for hydroxylation is 1. The summed E-state index contributed by atoms with van der Waals surface area (Å²) < 4.78 is 7.14. The van der Waals surface area contributed by atoms with Crippen molar-refractivity contribution in [2.75, 3.05) is 5.32 Å². The summed E-state index contributed by atoms with van der Waals surface area (Å²) in [6, 6.07) is 9.88. The summed E-state index contributed by atoms with van der Waals surface area (Å²) in [6.45, 7) is 0. The van der Waals surface area contributed by atoms with Crippen LogP contribution in [0, 0.1) is 0 Å². The maximum atomic E-state index is 12.3. The van der Waals surface area contributed by atoms with Crippen LogP contribution in [0.15, 0.2) is 72.2 Å². The van der Waals surface area contributed by atoms with Gasteiger partial charge in [0.1, 0.15) is 22.9 Å². The Kier molecular flexibility index (Phi) is 4.85. The number of nitrogens with zero attached hydrogens (tertiary/aromatic N) is 4. The van der Waals surface area contributed by atoms with Gasteiger partial charge >= 0.3 is 0 Å². The third-order valence-electron chi connectivity index (χ3n) is 4.11. The molecule has 0 unspecified atom stereocenters. The van der Waals surface area contributed by atoms with E-state index in [0.717, 1.165) is 11.3 Å². The van der Waals surface area contributed by atoms with E-state index in [-0.39, 0.29) is 11.1 Å². The molecule has 4 rings (SSSR count). The Hall–Kier alpha value is -4.27. The predicted molar refractivity (Wildman–Crippen MR) is 106 cm³/mol. The second kappa shape index (κ2) is 7.77. The summed E-state index contributed by atoms with van der Waals surface area (Å²) >= 11 is 0. The smallest absolute Gasteiger partial charge is 0.263 e. The third-order valence-corrected chi connectivity index (χ3v) is 4.11. The summed E-state index contributed by atoms with van der Waals surface area (Å²) in [4.78, 5) is 32.8. The number of ether oxygens (including phenoxy) is 1. The zero-order chi connectivity index (χ0) is 20.2. The minimum Gasteiger partial charge on any atom is -0.456 e. The zero-order valence-corrected chi connectivity index (χ0v) is 15.4. The molecule has 2 N–H and O–H groups in total. The van der Waals surface area contributed by atoms with Crippen molar-refractivity contribution < 1.29 is 9.53 Å². The summed E-state index contributed by atoms with van der Waals surface area (Å²) in [5.41, 5.74) is 1.23. The lowest BCUT2D eigenvalue weighted by Gasteiger charge is -2.08. The Labute approximate surface area is 165 Å². The molecule has 0 aliphatic carbocycles. The molecule has 9 heteroatoms. The first kappa shape index (κ1) is 18.1. The van der Waals surface area contributed by atoms with Crippen LogP contribution in [0.5, 0.6) is 11.5 Å². The van der Waals surface area contributed by atoms with Gasteiger partial charge in [0.25, 0.3) is 11.5 Å². The molecule has 144 valence electrons. The summed E-state index contributed by atoms with van der Waals surface area (Å²) in [5, 5.41) is 9.25. The van der Waals surface area contributed by atoms with E-state index in [4.69, 9.17) is 4.74 Å². The Morgan fingerprint density at radius 2 is 2.03 bits per heavy atom. The van der Waals surface area contributed by atoms with E-state index in [9.17, 15) is 9.59 Å². The molecule has 0 aliphatic heterocycles. The monoisotopic (exact) mass is 388 g/mol. The van der Waals surface area contributed by atoms with E-state index in [1.165, 1.54) is 16.8 Å². The van der Waals surface area contributed by atoms with Crippen LogP contribution in [-0.4, -0.2) is 30.6 Å². The lowest BCUT2D eigenvalue weighted by atomic mass is 10.2. The lowest BCUT2D eigenvalue weighted by Crippen LogP contribution is -2.27. The lowest BCUT2D eigenvalue weighted by molar-refractivity contribution is 0.102. The number of anilines is 1. The fourth-order valence-corrected chi connectivity index (χ4v) is 2.63. The second-order valence-corrected chi connectivity index (χ2v) is 6.14. The molecular formula is C20H16N6O3. The number of carbonyl (C=O) groups is 1. The molecule has 0 aromatic carbocycles. The van der Waals surface area contributed by atoms with Gasteiger partial charge in [-0.25, -0.2) is 4.98 Å². The average molecular weight is 388 g/mol. The standard InChI is InChI=1S/C20H16N6O3/c1-26-8-2-3-16(20(26)28)19(27)25-18-5-4-15(12-22-18)29-14-6-7-21-17(9-14)13-10-23-24-11-13/h2-12H,1H3,(H,23,24)(H,22,25,27). The molecule has 4 heterocycles. The zero-order valence-electron chi connectivity index (χ0n) is 15.4. The quantitative estimate of drug-likeness (QED) is 0.543. The first-order valence-electron chi connectivity index (χ1n) is 8.66. The van der Waals surface area contributed by atoms with E-state index in [0.29, 0.717) is 17.3 Å². The average Bonchev–Trinajstić information content (AvgIpc) is 3.27. The minimum absolute atomic E-state index is 0.0423. The highest BCUT2D eigenvalue weighted by Gasteiger charge is 2.12. The van der Waals surface area contributed by atoms with Crippen LogP contribution < -0.4 is 15.6 Å². The topological polar surface area (TPSA) is 115 Å². The van der Waals surface area contributed by atoms with Crippen molar-refractivity contribution in [2.45, 2.75) is 0 Å². The minimum atomic E-state index is -0.522. The molecular weight excluding hydrogens is 372 g/mol. The number of rotatable bonds is 5. The van der Waals surface area contributed by atoms with E-state index in [2.05, 4.69) is 25.5 Å². The van der Waals surface area contributed by atoms with Gasteiger partial charge in [-0.15, -0.1) is 0 Å². The van der Waals surface area contributed by atoms with Crippen molar-refractivity contribution in [3.63, 3.8) is 0 Å². The molecule has 1 amide bonds. The van der Waals surface area contributed by atoms with Gasteiger partial charge in [-0.1, -0.05) is 0 Å². The summed E-state index contributed by atoms with van der Waals surface area (Å²) in [7, 11) is 1.58. The normalized spacial score (nSPS) is 10.5. The van der Waals surface area contributed by atoms with Crippen LogP contribution >= 0.6 is 0 Å². The molecule has 0 spiro atoms. The molecule has 0 saturated heterocycles. The van der Waals surface area contributed by atoms with Crippen LogP contribution in [0.2, 0.25) is 0 Å². The third kappa shape index (κ3) is 4.03. The van der Waals surface area contributed by atoms with Crippen molar-refractivity contribution in [3.05, 3.63) is 83.3 Å². The second-order valence-electron chi connectivity index (χ2n) is 6.14. The van der Waals surface area contributed by atoms with E-state index in [1.807, 2.05) is 0 Å². The first-order chi connectivity index (χ1) is 14.1. The number of aromatic amines is 1. The Morgan fingerprint density at radius 1 is 1.14 bits per heavy atom. The highest BCUT2D eigenvalue weighted by Crippen LogP contribution is 2.25. The molecule has 0 fully saturated rings. The maximum absolute atomic E-state index is 12.3. The fraction of sp³-hybridized carbons (Fsp3) is 0.0500. The van der Waals surface area contributed by atoms with Crippen molar-refractivity contribution in [3.8, 4) is 22.8 Å². The van der Waals surface area contributed by atoms with Crippen molar-refractivity contribution in [1.29, 1.82) is 0 Å². The van der Waals surface area contributed by atoms with Crippen LogP contribution in [0.4, 0.5) is 5.82 Å². The maximum Gasteiger partial charge on any atom is 0.263 e. The fourth-order valence-electron chi connectivity index (χ4n) is 2.63. The molecule has 0 atom stereocenters. The molecule has 0 radical (unpaired) electrons. The molecule has 0 aliphatic rings. The van der Waals surface area contributed by atoms with Gasteiger partial charge in [0.15, 0.2) is 0 Å². The number of pyridine rings is 3. The number of hydrogen-bond donors (Lipinski definition) is 2. The SMILES string of the molecule is Cn1cccc(C(=O)Nc2ccc(Oc3ccnc(-c4cn[nH]c4)c3)cn2)c1=O. The molecule has 0 saturated carbocycles. The van der Waals surface area contributed by atoms with Crippen LogP contribution in [0.1, 0.15) is 10.4 Å². The number of aromatic nitrogens is 5. The first-order valence-corrected chi connectivity index (χ1v) is 8.66. The van der Waals surface area contributed by atoms with Crippen molar-refractivity contribution in [1.82, 2.24) is 24.7 Å². The summed E-state index contributed by atoms with van der Waals surface area (Å²) in [6.07, 6.45) is 8.12. The van der Waals surface area contributed by atoms with Crippen LogP contribution in [-0.2, 0) is 7.05 Å². The van der Waals surface area contributed by atoms with Crippen LogP contribution in [0.25, 0.3) is 11.3 Å². The van der Waals surface area contributed by atoms with Crippen molar-refractivity contribution in [2.24, 2.45) is 7.05 Å². The summed E-state index contributed by atoms with van der Waals surface area (Å²) in [5.74, 6) is 0.860. The van der Waals surface area contributed by atoms with Gasteiger partial charge in [0.05, 0.1) is 18.1 Å². The number of hydrogen-bond acceptors (Lipinski definition) is 6. The van der Waals surface area contributed by atoms with Gasteiger partial charge in [-0.05, 0) is 30.3 Å². The van der Waals surface area contributed by atoms with E-state index < -0.39 is 5.91 Å². The predicted octanol–water partition coefficient (Wildman–Crippen LogP) is 2.61. The number of amides is 1. The van der Waals surface area contributed by atoms with E-state index in [1.54, 1.807) is 62.2 Å². The van der Waals surface area contributed by atoms with Gasteiger partial charge < -0.3 is 14.6 Å². The Morgan fingerprint density at radius 3 is 2.79 bits per heavy atom. The molecule has 4 aromatic rings. The highest BCUT2D eigenvalue weighted by atomic mass is 16.5. The van der Waals surface area contributed by atoms with Gasteiger partial charge in [0.2, 0.25) is 0 Å². The highest BCUT2D eigenvalue weighted by molar-refractivity contribution is 6.03. The van der Waals surface area contributed by atoms with Gasteiger partial charge in [0, 0.05) is 37.3 Å². The van der Waals surface area contributed by atoms with Crippen LogP contribution in [0.3, 0.4) is 0 Å². The van der Waals surface area contributed by atoms with Gasteiger partial charge in [-0.3, -0.25) is 19.7 Å². The molecule has 29 heavy (non-hydrogen) atoms. The Bertz CT molecular complexity index is 1200. The molecule has 0 bridgehead atoms. The molecule has 9 nitrogen and oxygen atoms in total. The van der Waals surface area contributed by atoms with E-state index >= 15 is 0 Å². The van der Waals surface area contributed by atoms with Crippen molar-refractivity contribution >= 4 is 11.7 Å². The number of nitrogens with one attached hydrogen (secondary N) is 2. The molecule has 4 aromatic heterocycles. The number of H-pyrrole nitrogens is 1.